The number of anilines is 1. The lowest BCUT2D eigenvalue weighted by molar-refractivity contribution is 0.194. The molecule has 4 rings (SSSR count). The van der Waals surface area contributed by atoms with Crippen molar-refractivity contribution in [3.63, 3.8) is 0 Å². The molecular weight excluding hydrogens is 328 g/mol. The van der Waals surface area contributed by atoms with E-state index in [-0.39, 0.29) is 6.03 Å². The summed E-state index contributed by atoms with van der Waals surface area (Å²) in [6.07, 6.45) is 3.65. The molecule has 0 aliphatic carbocycles. The monoisotopic (exact) mass is 350 g/mol. The number of urea groups is 1. The van der Waals surface area contributed by atoms with Gasteiger partial charge in [-0.1, -0.05) is 0 Å². The van der Waals surface area contributed by atoms with E-state index in [4.69, 9.17) is 4.42 Å². The van der Waals surface area contributed by atoms with Crippen LogP contribution in [-0.2, 0) is 0 Å². The molecule has 0 radical (unpaired) electrons. The van der Waals surface area contributed by atoms with Gasteiger partial charge in [0.25, 0.3) is 0 Å². The smallest absolute Gasteiger partial charge is 0.321 e. The number of piperidine rings is 1. The number of hydrogen-bond acceptors (Lipinski definition) is 4. The molecule has 3 heterocycles. The Morgan fingerprint density at radius 3 is 2.77 bits per heavy atom. The molecule has 1 fully saturated rings. The fraction of sp³-hybridized carbons (Fsp3) is 0.350. The van der Waals surface area contributed by atoms with Crippen LogP contribution in [0, 0.1) is 13.8 Å². The second-order valence-electron chi connectivity index (χ2n) is 6.83. The fourth-order valence-corrected chi connectivity index (χ4v) is 3.54. The van der Waals surface area contributed by atoms with E-state index in [1.807, 2.05) is 55.3 Å². The molecule has 0 unspecified atom stereocenters. The van der Waals surface area contributed by atoms with Gasteiger partial charge in [-0.25, -0.2) is 14.8 Å². The summed E-state index contributed by atoms with van der Waals surface area (Å²) in [5.74, 6) is 2.06. The SMILES string of the molecule is Cc1nccc(C2CCN(C(=O)Nc3ccc4oc(C)cc4c3)CC2)n1. The number of aryl methyl sites for hydroxylation is 2. The van der Waals surface area contributed by atoms with Crippen LogP contribution in [-0.4, -0.2) is 34.0 Å². The Bertz CT molecular complexity index is 942. The largest absolute Gasteiger partial charge is 0.461 e. The average molecular weight is 350 g/mol. The lowest BCUT2D eigenvalue weighted by atomic mass is 9.93. The molecule has 134 valence electrons. The van der Waals surface area contributed by atoms with Crippen LogP contribution >= 0.6 is 0 Å². The van der Waals surface area contributed by atoms with Gasteiger partial charge in [0.15, 0.2) is 0 Å². The highest BCUT2D eigenvalue weighted by Gasteiger charge is 2.24. The first-order valence-corrected chi connectivity index (χ1v) is 8.94. The lowest BCUT2D eigenvalue weighted by Gasteiger charge is -2.31. The van der Waals surface area contributed by atoms with Gasteiger partial charge < -0.3 is 14.6 Å². The van der Waals surface area contributed by atoms with Crippen LogP contribution in [0.5, 0.6) is 0 Å². The molecule has 1 saturated heterocycles. The molecule has 1 aromatic carbocycles. The minimum absolute atomic E-state index is 0.0538. The molecular formula is C20H22N4O2. The predicted octanol–water partition coefficient (Wildman–Crippen LogP) is 4.25. The summed E-state index contributed by atoms with van der Waals surface area (Å²) >= 11 is 0. The van der Waals surface area contributed by atoms with Gasteiger partial charge in [-0.2, -0.15) is 0 Å². The molecule has 0 bridgehead atoms. The zero-order valence-electron chi connectivity index (χ0n) is 15.0. The molecule has 1 aliphatic heterocycles. The van der Waals surface area contributed by atoms with E-state index in [1.54, 1.807) is 0 Å². The van der Waals surface area contributed by atoms with Gasteiger partial charge in [0, 0.05) is 42.0 Å². The molecule has 6 nitrogen and oxygen atoms in total. The van der Waals surface area contributed by atoms with E-state index in [0.717, 1.165) is 59.9 Å². The molecule has 0 atom stereocenters. The molecule has 26 heavy (non-hydrogen) atoms. The summed E-state index contributed by atoms with van der Waals surface area (Å²) < 4.78 is 5.57. The van der Waals surface area contributed by atoms with Gasteiger partial charge in [0.1, 0.15) is 17.2 Å². The van der Waals surface area contributed by atoms with Gasteiger partial charge in [-0.05, 0) is 57.0 Å². The number of nitrogens with one attached hydrogen (secondary N) is 1. The van der Waals surface area contributed by atoms with Crippen molar-refractivity contribution >= 4 is 22.7 Å². The summed E-state index contributed by atoms with van der Waals surface area (Å²) in [5, 5.41) is 3.99. The first-order valence-electron chi connectivity index (χ1n) is 8.94. The van der Waals surface area contributed by atoms with E-state index in [1.165, 1.54) is 0 Å². The van der Waals surface area contributed by atoms with Crippen LogP contribution in [0.2, 0.25) is 0 Å². The number of amides is 2. The summed E-state index contributed by atoms with van der Waals surface area (Å²) in [6.45, 7) is 5.28. The third-order valence-corrected chi connectivity index (χ3v) is 4.89. The van der Waals surface area contributed by atoms with Crippen molar-refractivity contribution in [1.29, 1.82) is 0 Å². The Balaban J connectivity index is 1.38. The van der Waals surface area contributed by atoms with Crippen molar-refractivity contribution in [3.05, 3.63) is 53.8 Å². The number of benzene rings is 1. The topological polar surface area (TPSA) is 71.3 Å². The Hall–Kier alpha value is -2.89. The second-order valence-corrected chi connectivity index (χ2v) is 6.83. The zero-order chi connectivity index (χ0) is 18.1. The molecule has 6 heteroatoms. The number of fused-ring (bicyclic) bond motifs is 1. The van der Waals surface area contributed by atoms with Crippen molar-refractivity contribution in [2.75, 3.05) is 18.4 Å². The van der Waals surface area contributed by atoms with Crippen molar-refractivity contribution in [1.82, 2.24) is 14.9 Å². The van der Waals surface area contributed by atoms with Crippen molar-refractivity contribution in [2.24, 2.45) is 0 Å². The Morgan fingerprint density at radius 1 is 1.19 bits per heavy atom. The Labute approximate surface area is 152 Å². The second kappa shape index (κ2) is 6.78. The van der Waals surface area contributed by atoms with E-state index in [0.29, 0.717) is 5.92 Å². The molecule has 2 amide bonds. The number of likely N-dealkylation sites (tertiary alicyclic amines) is 1. The van der Waals surface area contributed by atoms with Crippen molar-refractivity contribution in [2.45, 2.75) is 32.6 Å². The maximum atomic E-state index is 12.6. The molecule has 1 N–H and O–H groups in total. The van der Waals surface area contributed by atoms with Gasteiger partial charge in [-0.3, -0.25) is 0 Å². The normalized spacial score (nSPS) is 15.4. The number of aromatic nitrogens is 2. The maximum absolute atomic E-state index is 12.6. The van der Waals surface area contributed by atoms with E-state index in [9.17, 15) is 4.79 Å². The van der Waals surface area contributed by atoms with E-state index < -0.39 is 0 Å². The number of carbonyl (C=O) groups is 1. The first-order chi connectivity index (χ1) is 12.6. The molecule has 0 saturated carbocycles. The highest BCUT2D eigenvalue weighted by molar-refractivity contribution is 5.92. The number of hydrogen-bond donors (Lipinski definition) is 1. The molecule has 0 spiro atoms. The standard InChI is InChI=1S/C20H22N4O2/c1-13-11-16-12-17(3-4-19(16)26-13)23-20(25)24-9-6-15(7-10-24)18-5-8-21-14(2)22-18/h3-5,8,11-12,15H,6-7,9-10H2,1-2H3,(H,23,25). The van der Waals surface area contributed by atoms with E-state index >= 15 is 0 Å². The number of furan rings is 1. The van der Waals surface area contributed by atoms with Crippen LogP contribution in [0.3, 0.4) is 0 Å². The summed E-state index contributed by atoms with van der Waals surface area (Å²) in [7, 11) is 0. The molecule has 1 aliphatic rings. The Kier molecular flexibility index (Phi) is 4.32. The maximum Gasteiger partial charge on any atom is 0.321 e. The van der Waals surface area contributed by atoms with Crippen LogP contribution in [0.15, 0.2) is 40.9 Å². The average Bonchev–Trinajstić information content (AvgIpc) is 3.01. The highest BCUT2D eigenvalue weighted by atomic mass is 16.3. The number of nitrogens with zero attached hydrogens (tertiary/aromatic N) is 3. The molecule has 3 aromatic rings. The Morgan fingerprint density at radius 2 is 2.00 bits per heavy atom. The molecule has 2 aromatic heterocycles. The minimum atomic E-state index is -0.0538. The van der Waals surface area contributed by atoms with Crippen LogP contribution in [0.1, 0.15) is 36.0 Å². The zero-order valence-corrected chi connectivity index (χ0v) is 15.0. The summed E-state index contributed by atoms with van der Waals surface area (Å²) in [5.41, 5.74) is 2.71. The fourth-order valence-electron chi connectivity index (χ4n) is 3.54. The lowest BCUT2D eigenvalue weighted by Crippen LogP contribution is -2.40. The van der Waals surface area contributed by atoms with Crippen molar-refractivity contribution in [3.8, 4) is 0 Å². The van der Waals surface area contributed by atoms with Crippen LogP contribution < -0.4 is 5.32 Å². The van der Waals surface area contributed by atoms with Gasteiger partial charge in [0.2, 0.25) is 0 Å². The van der Waals surface area contributed by atoms with Gasteiger partial charge in [0.05, 0.1) is 0 Å². The van der Waals surface area contributed by atoms with Crippen molar-refractivity contribution < 1.29 is 9.21 Å². The first kappa shape index (κ1) is 16.6. The third kappa shape index (κ3) is 3.40. The van der Waals surface area contributed by atoms with E-state index in [2.05, 4.69) is 15.3 Å². The number of carbonyl (C=O) groups excluding carboxylic acids is 1. The predicted molar refractivity (Wildman–Crippen MR) is 100 cm³/mol. The minimum Gasteiger partial charge on any atom is -0.461 e. The quantitative estimate of drug-likeness (QED) is 0.750. The van der Waals surface area contributed by atoms with Crippen LogP contribution in [0.4, 0.5) is 10.5 Å². The van der Waals surface area contributed by atoms with Gasteiger partial charge in [-0.15, -0.1) is 0 Å². The summed E-state index contributed by atoms with van der Waals surface area (Å²) in [4.78, 5) is 23.1. The highest BCUT2D eigenvalue weighted by Crippen LogP contribution is 2.27. The van der Waals surface area contributed by atoms with Gasteiger partial charge >= 0.3 is 6.03 Å². The van der Waals surface area contributed by atoms with Crippen LogP contribution in [0.25, 0.3) is 11.0 Å². The number of rotatable bonds is 2. The summed E-state index contributed by atoms with van der Waals surface area (Å²) in [6, 6.07) is 9.61. The third-order valence-electron chi connectivity index (χ3n) is 4.89.